The molecule has 0 aliphatic rings. The van der Waals surface area contributed by atoms with Gasteiger partial charge in [-0.25, -0.2) is 0 Å². The molecule has 3 nitrogen and oxygen atoms in total. The van der Waals surface area contributed by atoms with E-state index in [0.717, 1.165) is 37.2 Å². The number of ether oxygens (including phenoxy) is 1. The molecule has 0 N–H and O–H groups in total. The Balaban J connectivity index is 1.91. The Morgan fingerprint density at radius 3 is 2.58 bits per heavy atom. The van der Waals surface area contributed by atoms with Crippen molar-refractivity contribution < 1.29 is 9.53 Å². The highest BCUT2D eigenvalue weighted by Crippen LogP contribution is 2.22. The van der Waals surface area contributed by atoms with Crippen molar-refractivity contribution in [1.82, 2.24) is 0 Å². The number of rotatable bonds is 4. The molecule has 0 fully saturated rings. The van der Waals surface area contributed by atoms with E-state index in [-0.39, 0.29) is 16.1 Å². The average molecular weight is 401 g/mol. The van der Waals surface area contributed by atoms with E-state index < -0.39 is 0 Å². The molecule has 0 amide bonds. The molecule has 24 heavy (non-hydrogen) atoms. The second-order valence-electron chi connectivity index (χ2n) is 5.10. The molecule has 0 spiro atoms. The fourth-order valence-corrected chi connectivity index (χ4v) is 3.46. The van der Waals surface area contributed by atoms with Crippen LogP contribution in [0.25, 0.3) is 16.2 Å². The van der Waals surface area contributed by atoms with Gasteiger partial charge in [-0.2, -0.15) is 0 Å². The minimum Gasteiger partial charge on any atom is -0.497 e. The zero-order chi connectivity index (χ0) is 17.1. The Labute approximate surface area is 151 Å². The fraction of sp³-hybridized carbons (Fsp3) is 0.0526. The largest absolute Gasteiger partial charge is 0.497 e. The molecule has 0 aliphatic heterocycles. The van der Waals surface area contributed by atoms with Gasteiger partial charge in [0.15, 0.2) is 5.78 Å². The van der Waals surface area contributed by atoms with Gasteiger partial charge < -0.3 is 4.74 Å². The second kappa shape index (κ2) is 7.11. The topological polar surface area (TPSA) is 43.4 Å². The van der Waals surface area contributed by atoms with E-state index >= 15 is 0 Å². The lowest BCUT2D eigenvalue weighted by Crippen LogP contribution is -2.09. The van der Waals surface area contributed by atoms with Crippen molar-refractivity contribution in [2.45, 2.75) is 0 Å². The van der Waals surface area contributed by atoms with Crippen LogP contribution < -0.4 is 9.48 Å². The van der Waals surface area contributed by atoms with E-state index in [1.54, 1.807) is 19.3 Å². The zero-order valence-electron chi connectivity index (χ0n) is 12.8. The normalized spacial score (nSPS) is 11.1. The van der Waals surface area contributed by atoms with Crippen LogP contribution in [0.15, 0.2) is 63.9 Å². The van der Waals surface area contributed by atoms with E-state index in [4.69, 9.17) is 4.74 Å². The number of allylic oxidation sites excluding steroid dienone is 1. The van der Waals surface area contributed by atoms with Gasteiger partial charge in [0, 0.05) is 9.17 Å². The molecule has 0 unspecified atom stereocenters. The summed E-state index contributed by atoms with van der Waals surface area (Å²) in [7, 11) is 1.60. The van der Waals surface area contributed by atoms with Gasteiger partial charge in [-0.1, -0.05) is 45.5 Å². The molecule has 1 aromatic heterocycles. The van der Waals surface area contributed by atoms with E-state index in [2.05, 4.69) is 15.9 Å². The maximum atomic E-state index is 12.4. The third kappa shape index (κ3) is 3.63. The highest BCUT2D eigenvalue weighted by molar-refractivity contribution is 9.10. The molecule has 2 aromatic carbocycles. The van der Waals surface area contributed by atoms with Crippen molar-refractivity contribution in [3.63, 3.8) is 0 Å². The molecule has 3 rings (SSSR count). The molecular weight excluding hydrogens is 388 g/mol. The predicted octanol–water partition coefficient (Wildman–Crippen LogP) is 4.93. The summed E-state index contributed by atoms with van der Waals surface area (Å²) in [6.45, 7) is 0. The number of fused-ring (bicyclic) bond motifs is 1. The molecule has 5 heteroatoms. The summed E-state index contributed by atoms with van der Waals surface area (Å²) < 4.78 is 6.64. The molecule has 0 aliphatic carbocycles. The van der Waals surface area contributed by atoms with Crippen molar-refractivity contribution in [1.29, 1.82) is 0 Å². The summed E-state index contributed by atoms with van der Waals surface area (Å²) in [6.07, 6.45) is 3.12. The number of ketones is 1. The summed E-state index contributed by atoms with van der Waals surface area (Å²) in [6, 6.07) is 14.6. The van der Waals surface area contributed by atoms with Crippen molar-refractivity contribution in [2.75, 3.05) is 7.11 Å². The lowest BCUT2D eigenvalue weighted by molar-refractivity contribution is 0.104. The summed E-state index contributed by atoms with van der Waals surface area (Å²) in [5.41, 5.74) is 1.05. The molecule has 120 valence electrons. The maximum Gasteiger partial charge on any atom is 0.244 e. The smallest absolute Gasteiger partial charge is 0.244 e. The van der Waals surface area contributed by atoms with Gasteiger partial charge >= 0.3 is 0 Å². The van der Waals surface area contributed by atoms with Crippen molar-refractivity contribution in [3.8, 4) is 5.75 Å². The minimum atomic E-state index is -0.297. The Kier molecular flexibility index (Phi) is 4.92. The number of benzene rings is 2. The first-order valence-corrected chi connectivity index (χ1v) is 8.77. The lowest BCUT2D eigenvalue weighted by Gasteiger charge is -2.01. The molecular formula is C19H13BrO3S. The molecule has 0 radical (unpaired) electrons. The summed E-state index contributed by atoms with van der Waals surface area (Å²) >= 11 is 4.49. The van der Waals surface area contributed by atoms with Crippen molar-refractivity contribution >= 4 is 49.2 Å². The number of halogens is 1. The van der Waals surface area contributed by atoms with Crippen LogP contribution in [0, 0.1) is 0 Å². The molecule has 3 aromatic rings. The van der Waals surface area contributed by atoms with Crippen LogP contribution in [0.4, 0.5) is 0 Å². The Bertz CT molecular complexity index is 988. The number of hydrogen-bond donors (Lipinski definition) is 0. The van der Waals surface area contributed by atoms with E-state index in [0.29, 0.717) is 0 Å². The number of carbonyl (C=O) groups excluding carboxylic acids is 1. The molecule has 0 bridgehead atoms. The van der Waals surface area contributed by atoms with Crippen LogP contribution in [0.5, 0.6) is 5.75 Å². The second-order valence-corrected chi connectivity index (χ2v) is 7.03. The first-order chi connectivity index (χ1) is 11.6. The van der Waals surface area contributed by atoms with Crippen LogP contribution in [0.3, 0.4) is 0 Å². The van der Waals surface area contributed by atoms with Crippen LogP contribution in [-0.4, -0.2) is 12.9 Å². The van der Waals surface area contributed by atoms with Gasteiger partial charge in [0.25, 0.3) is 0 Å². The van der Waals surface area contributed by atoms with E-state index in [9.17, 15) is 9.59 Å². The standard InChI is InChI=1S/C19H13BrO3S/c1-23-15-6-2-12(3-7-15)4-8-17(21)16-11-13-10-14(20)5-9-18(13)24-19(16)22/h2-11H,1H3/b8-4+. The number of methoxy groups -OCH3 is 1. The molecule has 0 atom stereocenters. The lowest BCUT2D eigenvalue weighted by atomic mass is 10.1. The van der Waals surface area contributed by atoms with Gasteiger partial charge in [0.2, 0.25) is 4.74 Å². The monoisotopic (exact) mass is 400 g/mol. The Morgan fingerprint density at radius 2 is 1.88 bits per heavy atom. The van der Waals surface area contributed by atoms with E-state index in [1.807, 2.05) is 42.5 Å². The van der Waals surface area contributed by atoms with Crippen molar-refractivity contribution in [2.24, 2.45) is 0 Å². The van der Waals surface area contributed by atoms with Gasteiger partial charge in [-0.15, -0.1) is 0 Å². The maximum absolute atomic E-state index is 12.4. The zero-order valence-corrected chi connectivity index (χ0v) is 15.2. The third-order valence-electron chi connectivity index (χ3n) is 3.50. The summed E-state index contributed by atoms with van der Waals surface area (Å²) in [5.74, 6) is 0.455. The Morgan fingerprint density at radius 1 is 1.12 bits per heavy atom. The minimum absolute atomic E-state index is 0.190. The predicted molar refractivity (Wildman–Crippen MR) is 102 cm³/mol. The highest BCUT2D eigenvalue weighted by atomic mass is 79.9. The summed E-state index contributed by atoms with van der Waals surface area (Å²) in [4.78, 5) is 24.6. The molecule has 1 heterocycles. The van der Waals surface area contributed by atoms with Crippen LogP contribution in [0.2, 0.25) is 0 Å². The summed E-state index contributed by atoms with van der Waals surface area (Å²) in [5, 5.41) is 0.871. The first-order valence-electron chi connectivity index (χ1n) is 7.17. The third-order valence-corrected chi connectivity index (χ3v) is 4.99. The van der Waals surface area contributed by atoms with Gasteiger partial charge in [-0.05, 0) is 53.4 Å². The quantitative estimate of drug-likeness (QED) is 0.460. The van der Waals surface area contributed by atoms with E-state index in [1.165, 1.54) is 6.08 Å². The average Bonchev–Trinajstić information content (AvgIpc) is 2.60. The van der Waals surface area contributed by atoms with Gasteiger partial charge in [-0.3, -0.25) is 9.59 Å². The van der Waals surface area contributed by atoms with Gasteiger partial charge in [0.1, 0.15) is 5.75 Å². The molecule has 0 saturated carbocycles. The number of carbonyl (C=O) groups is 1. The van der Waals surface area contributed by atoms with Gasteiger partial charge in [0.05, 0.1) is 12.7 Å². The highest BCUT2D eigenvalue weighted by Gasteiger charge is 2.10. The molecule has 0 saturated heterocycles. The van der Waals surface area contributed by atoms with Crippen LogP contribution in [-0.2, 0) is 0 Å². The SMILES string of the molecule is COc1ccc(/C=C/C(=O)c2cc3cc(Br)ccc3sc2=O)cc1. The Hall–Kier alpha value is -2.24. The fourth-order valence-electron chi connectivity index (χ4n) is 2.24. The first kappa shape index (κ1) is 16.6. The van der Waals surface area contributed by atoms with Crippen LogP contribution in [0.1, 0.15) is 15.9 Å². The van der Waals surface area contributed by atoms with Crippen LogP contribution >= 0.6 is 27.3 Å². The number of hydrogen-bond acceptors (Lipinski definition) is 4. The van der Waals surface area contributed by atoms with Crippen molar-refractivity contribution in [3.05, 3.63) is 79.7 Å².